The Morgan fingerprint density at radius 1 is 1.33 bits per heavy atom. The highest BCUT2D eigenvalue weighted by Gasteiger charge is 2.35. The Hall–Kier alpha value is -0.540. The molecule has 1 aliphatic heterocycles. The van der Waals surface area contributed by atoms with Gasteiger partial charge in [0, 0.05) is 11.2 Å². The Labute approximate surface area is 94.2 Å². The first-order chi connectivity index (χ1) is 7.27. The van der Waals surface area contributed by atoms with Crippen molar-refractivity contribution in [3.63, 3.8) is 0 Å². The van der Waals surface area contributed by atoms with Crippen LogP contribution in [0, 0.1) is 5.82 Å². The average molecular weight is 225 g/mol. The largest absolute Gasteiger partial charge is 0.330 e. The highest BCUT2D eigenvalue weighted by atomic mass is 32.2. The number of hydrogen-bond donors (Lipinski definition) is 1. The van der Waals surface area contributed by atoms with Gasteiger partial charge in [-0.15, -0.1) is 0 Å². The molecule has 0 spiro atoms. The molecule has 0 amide bonds. The third-order valence-electron chi connectivity index (χ3n) is 3.18. The molecule has 1 aliphatic rings. The summed E-state index contributed by atoms with van der Waals surface area (Å²) in [4.78, 5) is 0. The zero-order valence-electron chi connectivity index (χ0n) is 8.71. The lowest BCUT2D eigenvalue weighted by Gasteiger charge is -2.28. The minimum absolute atomic E-state index is 0.160. The summed E-state index contributed by atoms with van der Waals surface area (Å²) in [7, 11) is 0. The second kappa shape index (κ2) is 4.54. The maximum Gasteiger partial charge on any atom is 0.123 e. The molecular weight excluding hydrogens is 209 g/mol. The van der Waals surface area contributed by atoms with Gasteiger partial charge in [0.25, 0.3) is 0 Å². The van der Waals surface area contributed by atoms with E-state index in [2.05, 4.69) is 0 Å². The summed E-state index contributed by atoms with van der Waals surface area (Å²) < 4.78 is 12.9. The van der Waals surface area contributed by atoms with Gasteiger partial charge in [-0.25, -0.2) is 4.39 Å². The number of halogens is 1. The van der Waals surface area contributed by atoms with Gasteiger partial charge in [0.05, 0.1) is 0 Å². The zero-order valence-corrected chi connectivity index (χ0v) is 9.52. The predicted molar refractivity (Wildman–Crippen MR) is 63.7 cm³/mol. The van der Waals surface area contributed by atoms with Crippen LogP contribution in [0.25, 0.3) is 0 Å². The SMILES string of the molecule is NCCC1(c2ccc(F)cc2)CCSC1. The summed E-state index contributed by atoms with van der Waals surface area (Å²) in [6.07, 6.45) is 2.17. The molecule has 3 heteroatoms. The van der Waals surface area contributed by atoms with Gasteiger partial charge in [-0.05, 0) is 42.8 Å². The molecule has 1 aromatic carbocycles. The number of rotatable bonds is 3. The van der Waals surface area contributed by atoms with Crippen LogP contribution in [0.4, 0.5) is 4.39 Å². The van der Waals surface area contributed by atoms with Crippen LogP contribution in [-0.2, 0) is 5.41 Å². The van der Waals surface area contributed by atoms with Gasteiger partial charge in [0.2, 0.25) is 0 Å². The van der Waals surface area contributed by atoms with Gasteiger partial charge >= 0.3 is 0 Å². The minimum Gasteiger partial charge on any atom is -0.330 e. The number of thioether (sulfide) groups is 1. The van der Waals surface area contributed by atoms with Crippen LogP contribution < -0.4 is 5.73 Å². The Kier molecular flexibility index (Phi) is 3.32. The Morgan fingerprint density at radius 3 is 2.60 bits per heavy atom. The second-order valence-electron chi connectivity index (χ2n) is 4.13. The van der Waals surface area contributed by atoms with Gasteiger partial charge in [-0.1, -0.05) is 12.1 Å². The molecule has 0 radical (unpaired) electrons. The molecule has 0 aromatic heterocycles. The fraction of sp³-hybridized carbons (Fsp3) is 0.500. The van der Waals surface area contributed by atoms with Crippen molar-refractivity contribution in [2.24, 2.45) is 5.73 Å². The van der Waals surface area contributed by atoms with Crippen molar-refractivity contribution in [3.8, 4) is 0 Å². The fourth-order valence-electron chi connectivity index (χ4n) is 2.26. The monoisotopic (exact) mass is 225 g/mol. The van der Waals surface area contributed by atoms with Crippen molar-refractivity contribution in [1.29, 1.82) is 0 Å². The Morgan fingerprint density at radius 2 is 2.07 bits per heavy atom. The first-order valence-electron chi connectivity index (χ1n) is 5.31. The highest BCUT2D eigenvalue weighted by molar-refractivity contribution is 7.99. The van der Waals surface area contributed by atoms with Gasteiger partial charge in [0.15, 0.2) is 0 Å². The number of benzene rings is 1. The summed E-state index contributed by atoms with van der Waals surface area (Å²) in [6, 6.07) is 6.93. The van der Waals surface area contributed by atoms with Crippen molar-refractivity contribution in [2.75, 3.05) is 18.1 Å². The zero-order chi connectivity index (χ0) is 10.7. The van der Waals surface area contributed by atoms with Crippen LogP contribution in [0.1, 0.15) is 18.4 Å². The molecule has 1 saturated heterocycles. The normalized spacial score (nSPS) is 25.7. The fourth-order valence-corrected chi connectivity index (χ4v) is 3.78. The molecule has 0 aliphatic carbocycles. The van der Waals surface area contributed by atoms with Crippen molar-refractivity contribution < 1.29 is 4.39 Å². The number of nitrogens with two attached hydrogens (primary N) is 1. The van der Waals surface area contributed by atoms with Crippen LogP contribution in [0.3, 0.4) is 0 Å². The third kappa shape index (κ3) is 2.18. The van der Waals surface area contributed by atoms with Crippen molar-refractivity contribution in [3.05, 3.63) is 35.6 Å². The molecule has 1 aromatic rings. The van der Waals surface area contributed by atoms with Gasteiger partial charge in [-0.2, -0.15) is 11.8 Å². The summed E-state index contributed by atoms with van der Waals surface area (Å²) in [5.41, 5.74) is 7.13. The molecule has 2 N–H and O–H groups in total. The molecule has 2 rings (SSSR count). The molecule has 1 atom stereocenters. The van der Waals surface area contributed by atoms with Crippen molar-refractivity contribution in [2.45, 2.75) is 18.3 Å². The molecule has 15 heavy (non-hydrogen) atoms. The average Bonchev–Trinajstić information content (AvgIpc) is 2.69. The molecule has 82 valence electrons. The van der Waals surface area contributed by atoms with E-state index < -0.39 is 0 Å². The van der Waals surface area contributed by atoms with Crippen LogP contribution in [0.15, 0.2) is 24.3 Å². The van der Waals surface area contributed by atoms with E-state index in [4.69, 9.17) is 5.73 Å². The Balaban J connectivity index is 2.28. The molecule has 1 heterocycles. The maximum absolute atomic E-state index is 12.9. The standard InChI is InChI=1S/C12H16FNS/c13-11-3-1-10(2-4-11)12(5-7-14)6-8-15-9-12/h1-4H,5-9,14H2. The van der Waals surface area contributed by atoms with E-state index in [1.165, 1.54) is 17.7 Å². The predicted octanol–water partition coefficient (Wildman–Crippen LogP) is 2.55. The quantitative estimate of drug-likeness (QED) is 0.855. The molecule has 0 bridgehead atoms. The molecule has 1 nitrogen and oxygen atoms in total. The van der Waals surface area contributed by atoms with Crippen molar-refractivity contribution >= 4 is 11.8 Å². The van der Waals surface area contributed by atoms with E-state index >= 15 is 0 Å². The van der Waals surface area contributed by atoms with E-state index in [1.54, 1.807) is 12.1 Å². The Bertz CT molecular complexity index is 317. The van der Waals surface area contributed by atoms with E-state index in [0.29, 0.717) is 6.54 Å². The second-order valence-corrected chi connectivity index (χ2v) is 5.23. The smallest absolute Gasteiger partial charge is 0.123 e. The van der Waals surface area contributed by atoms with E-state index in [9.17, 15) is 4.39 Å². The summed E-state index contributed by atoms with van der Waals surface area (Å²) in [5, 5.41) is 0. The lowest BCUT2D eigenvalue weighted by atomic mass is 9.77. The molecule has 0 saturated carbocycles. The highest BCUT2D eigenvalue weighted by Crippen LogP contribution is 2.41. The minimum atomic E-state index is -0.160. The van der Waals surface area contributed by atoms with E-state index in [0.717, 1.165) is 12.2 Å². The third-order valence-corrected chi connectivity index (χ3v) is 4.43. The lowest BCUT2D eigenvalue weighted by Crippen LogP contribution is -2.28. The first kappa shape index (κ1) is 11.0. The lowest BCUT2D eigenvalue weighted by molar-refractivity contribution is 0.451. The van der Waals surface area contributed by atoms with Gasteiger partial charge in [0.1, 0.15) is 5.82 Å². The summed E-state index contributed by atoms with van der Waals surface area (Å²) >= 11 is 1.97. The van der Waals surface area contributed by atoms with Crippen LogP contribution in [0.5, 0.6) is 0 Å². The van der Waals surface area contributed by atoms with Crippen LogP contribution >= 0.6 is 11.8 Å². The summed E-state index contributed by atoms with van der Waals surface area (Å²) in [6.45, 7) is 0.706. The van der Waals surface area contributed by atoms with Gasteiger partial charge < -0.3 is 5.73 Å². The van der Waals surface area contributed by atoms with Gasteiger partial charge in [-0.3, -0.25) is 0 Å². The van der Waals surface area contributed by atoms with Crippen molar-refractivity contribution in [1.82, 2.24) is 0 Å². The topological polar surface area (TPSA) is 26.0 Å². The van der Waals surface area contributed by atoms with E-state index in [-0.39, 0.29) is 11.2 Å². The van der Waals surface area contributed by atoms with Crippen LogP contribution in [-0.4, -0.2) is 18.1 Å². The molecule has 1 fully saturated rings. The maximum atomic E-state index is 12.9. The molecular formula is C12H16FNS. The summed E-state index contributed by atoms with van der Waals surface area (Å²) in [5.74, 6) is 2.15. The first-order valence-corrected chi connectivity index (χ1v) is 6.46. The number of hydrogen-bond acceptors (Lipinski definition) is 2. The molecule has 1 unspecified atom stereocenters. The van der Waals surface area contributed by atoms with E-state index in [1.807, 2.05) is 23.9 Å². The van der Waals surface area contributed by atoms with Crippen LogP contribution in [0.2, 0.25) is 0 Å².